The summed E-state index contributed by atoms with van der Waals surface area (Å²) in [5.74, 6) is -0.482. The van der Waals surface area contributed by atoms with E-state index in [0.29, 0.717) is 18.7 Å². The topological polar surface area (TPSA) is 68.3 Å². The molecule has 0 bridgehead atoms. The lowest BCUT2D eigenvalue weighted by Gasteiger charge is -2.22. The van der Waals surface area contributed by atoms with Gasteiger partial charge in [-0.1, -0.05) is 36.4 Å². The van der Waals surface area contributed by atoms with Crippen LogP contribution in [0.15, 0.2) is 53.9 Å². The lowest BCUT2D eigenvalue weighted by Crippen LogP contribution is -2.34. The minimum Gasteiger partial charge on any atom is -0.370 e. The van der Waals surface area contributed by atoms with Crippen molar-refractivity contribution in [1.82, 2.24) is 9.47 Å². The Bertz CT molecular complexity index is 946. The standard InChI is InChI=1S/C22H25N3O2S/c1-16-13-20(17(2)25(16)15-19-9-6-12-28-19)22(27)24(11-10-21(23)26)14-18-7-4-3-5-8-18/h3-9,12-13H,10-11,14-15H2,1-2H3,(H2,23,26). The second-order valence-electron chi connectivity index (χ2n) is 6.88. The number of nitrogens with two attached hydrogens (primary N) is 1. The third kappa shape index (κ3) is 4.70. The van der Waals surface area contributed by atoms with Gasteiger partial charge in [-0.05, 0) is 36.9 Å². The highest BCUT2D eigenvalue weighted by molar-refractivity contribution is 7.09. The molecule has 3 rings (SSSR count). The van der Waals surface area contributed by atoms with Gasteiger partial charge in [0.25, 0.3) is 5.91 Å². The monoisotopic (exact) mass is 395 g/mol. The van der Waals surface area contributed by atoms with Gasteiger partial charge in [0.2, 0.25) is 5.91 Å². The summed E-state index contributed by atoms with van der Waals surface area (Å²) in [5.41, 5.74) is 9.01. The molecule has 2 amide bonds. The van der Waals surface area contributed by atoms with Crippen LogP contribution in [-0.4, -0.2) is 27.8 Å². The van der Waals surface area contributed by atoms with Crippen molar-refractivity contribution in [2.45, 2.75) is 33.4 Å². The van der Waals surface area contributed by atoms with E-state index in [1.807, 2.05) is 56.3 Å². The number of primary amides is 1. The first-order chi connectivity index (χ1) is 13.5. The molecule has 146 valence electrons. The molecule has 6 heteroatoms. The van der Waals surface area contributed by atoms with Crippen LogP contribution in [0, 0.1) is 13.8 Å². The first-order valence-corrected chi connectivity index (χ1v) is 10.1. The van der Waals surface area contributed by atoms with Crippen molar-refractivity contribution in [3.05, 3.63) is 81.3 Å². The van der Waals surface area contributed by atoms with E-state index in [2.05, 4.69) is 16.0 Å². The highest BCUT2D eigenvalue weighted by atomic mass is 32.1. The number of rotatable bonds is 8. The maximum Gasteiger partial charge on any atom is 0.255 e. The first-order valence-electron chi connectivity index (χ1n) is 9.26. The number of aromatic nitrogens is 1. The molecule has 2 aromatic heterocycles. The predicted octanol–water partition coefficient (Wildman–Crippen LogP) is 3.73. The zero-order valence-electron chi connectivity index (χ0n) is 16.2. The Kier molecular flexibility index (Phi) is 6.31. The van der Waals surface area contributed by atoms with Crippen LogP contribution in [0.1, 0.15) is 38.6 Å². The SMILES string of the molecule is Cc1cc(C(=O)N(CCC(N)=O)Cc2ccccc2)c(C)n1Cc1cccs1. The molecule has 0 aliphatic heterocycles. The summed E-state index contributed by atoms with van der Waals surface area (Å²) in [5, 5.41) is 2.06. The van der Waals surface area contributed by atoms with Crippen molar-refractivity contribution in [2.24, 2.45) is 5.73 Å². The van der Waals surface area contributed by atoms with E-state index < -0.39 is 5.91 Å². The summed E-state index contributed by atoms with van der Waals surface area (Å²) < 4.78 is 2.16. The Hall–Kier alpha value is -2.86. The van der Waals surface area contributed by atoms with E-state index in [9.17, 15) is 9.59 Å². The molecule has 3 aromatic rings. The van der Waals surface area contributed by atoms with Crippen molar-refractivity contribution in [2.75, 3.05) is 6.54 Å². The fourth-order valence-corrected chi connectivity index (χ4v) is 3.98. The largest absolute Gasteiger partial charge is 0.370 e. The second-order valence-corrected chi connectivity index (χ2v) is 7.91. The van der Waals surface area contributed by atoms with Gasteiger partial charge in [0.05, 0.1) is 12.1 Å². The highest BCUT2D eigenvalue weighted by Crippen LogP contribution is 2.21. The fourth-order valence-electron chi connectivity index (χ4n) is 3.29. The van der Waals surface area contributed by atoms with Gasteiger partial charge in [0, 0.05) is 35.8 Å². The summed E-state index contributed by atoms with van der Waals surface area (Å²) in [4.78, 5) is 27.6. The molecule has 2 heterocycles. The van der Waals surface area contributed by atoms with Gasteiger partial charge < -0.3 is 15.2 Å². The third-order valence-corrected chi connectivity index (χ3v) is 5.69. The minimum atomic E-state index is -0.408. The average molecular weight is 396 g/mol. The van der Waals surface area contributed by atoms with Crippen LogP contribution in [0.3, 0.4) is 0 Å². The molecule has 2 N–H and O–H groups in total. The normalized spacial score (nSPS) is 10.8. The van der Waals surface area contributed by atoms with Gasteiger partial charge in [0.15, 0.2) is 0 Å². The third-order valence-electron chi connectivity index (χ3n) is 4.83. The molecular weight excluding hydrogens is 370 g/mol. The maximum atomic E-state index is 13.3. The molecule has 5 nitrogen and oxygen atoms in total. The molecule has 0 aliphatic rings. The maximum absolute atomic E-state index is 13.3. The molecule has 0 spiro atoms. The van der Waals surface area contributed by atoms with Gasteiger partial charge >= 0.3 is 0 Å². The van der Waals surface area contributed by atoms with Gasteiger partial charge in [-0.3, -0.25) is 9.59 Å². The highest BCUT2D eigenvalue weighted by Gasteiger charge is 2.22. The molecule has 0 atom stereocenters. The number of aryl methyl sites for hydroxylation is 1. The first kappa shape index (κ1) is 19.9. The molecule has 0 aliphatic carbocycles. The van der Waals surface area contributed by atoms with Crippen molar-refractivity contribution >= 4 is 23.2 Å². The summed E-state index contributed by atoms with van der Waals surface area (Å²) in [6, 6.07) is 15.9. The number of hydrogen-bond acceptors (Lipinski definition) is 3. The smallest absolute Gasteiger partial charge is 0.255 e. The van der Waals surface area contributed by atoms with Gasteiger partial charge in [-0.15, -0.1) is 11.3 Å². The molecule has 0 saturated heterocycles. The number of thiophene rings is 1. The average Bonchev–Trinajstić information content (AvgIpc) is 3.29. The van der Waals surface area contributed by atoms with Crippen LogP contribution in [0.4, 0.5) is 0 Å². The van der Waals surface area contributed by atoms with Crippen LogP contribution in [-0.2, 0) is 17.9 Å². The molecule has 28 heavy (non-hydrogen) atoms. The molecule has 0 fully saturated rings. The van der Waals surface area contributed by atoms with E-state index in [-0.39, 0.29) is 12.3 Å². The van der Waals surface area contributed by atoms with Gasteiger partial charge in [-0.2, -0.15) is 0 Å². The van der Waals surface area contributed by atoms with Crippen LogP contribution in [0.2, 0.25) is 0 Å². The predicted molar refractivity (Wildman–Crippen MR) is 112 cm³/mol. The van der Waals surface area contributed by atoms with Crippen molar-refractivity contribution in [3.63, 3.8) is 0 Å². The number of nitrogens with zero attached hydrogens (tertiary/aromatic N) is 2. The lowest BCUT2D eigenvalue weighted by atomic mass is 10.1. The molecule has 0 saturated carbocycles. The molecule has 1 aromatic carbocycles. The minimum absolute atomic E-state index is 0.0735. The molecule has 0 radical (unpaired) electrons. The molecular formula is C22H25N3O2S. The fraction of sp³-hybridized carbons (Fsp3) is 0.273. The van der Waals surface area contributed by atoms with E-state index in [4.69, 9.17) is 5.73 Å². The van der Waals surface area contributed by atoms with Gasteiger partial charge in [0.1, 0.15) is 0 Å². The van der Waals surface area contributed by atoms with Crippen LogP contribution in [0.25, 0.3) is 0 Å². The van der Waals surface area contributed by atoms with E-state index in [1.54, 1.807) is 16.2 Å². The Balaban J connectivity index is 1.86. The second kappa shape index (κ2) is 8.89. The van der Waals surface area contributed by atoms with Crippen LogP contribution < -0.4 is 5.73 Å². The Morgan fingerprint density at radius 1 is 1.11 bits per heavy atom. The van der Waals surface area contributed by atoms with Crippen LogP contribution >= 0.6 is 11.3 Å². The van der Waals surface area contributed by atoms with Crippen molar-refractivity contribution < 1.29 is 9.59 Å². The number of amides is 2. The zero-order valence-corrected chi connectivity index (χ0v) is 17.0. The summed E-state index contributed by atoms with van der Waals surface area (Å²) in [7, 11) is 0. The van der Waals surface area contributed by atoms with Crippen molar-refractivity contribution in [3.8, 4) is 0 Å². The molecule has 0 unspecified atom stereocenters. The van der Waals surface area contributed by atoms with Crippen molar-refractivity contribution in [1.29, 1.82) is 0 Å². The van der Waals surface area contributed by atoms with E-state index in [1.165, 1.54) is 4.88 Å². The van der Waals surface area contributed by atoms with Crippen LogP contribution in [0.5, 0.6) is 0 Å². The Labute approximate surface area is 169 Å². The Morgan fingerprint density at radius 3 is 2.50 bits per heavy atom. The number of carbonyl (C=O) groups is 2. The van der Waals surface area contributed by atoms with E-state index in [0.717, 1.165) is 23.5 Å². The number of benzene rings is 1. The lowest BCUT2D eigenvalue weighted by molar-refractivity contribution is -0.118. The van der Waals surface area contributed by atoms with E-state index >= 15 is 0 Å². The number of hydrogen-bond donors (Lipinski definition) is 1. The van der Waals surface area contributed by atoms with Gasteiger partial charge in [-0.25, -0.2) is 0 Å². The zero-order chi connectivity index (χ0) is 20.1. The number of carbonyl (C=O) groups excluding carboxylic acids is 2. The Morgan fingerprint density at radius 2 is 1.86 bits per heavy atom. The quantitative estimate of drug-likeness (QED) is 0.631. The summed E-state index contributed by atoms with van der Waals surface area (Å²) in [6.45, 7) is 5.49. The summed E-state index contributed by atoms with van der Waals surface area (Å²) in [6.07, 6.45) is 0.145. The summed E-state index contributed by atoms with van der Waals surface area (Å²) >= 11 is 1.70.